The number of pyridine rings is 1. The number of benzene rings is 1. The van der Waals surface area contributed by atoms with Gasteiger partial charge in [0.25, 0.3) is 15.9 Å². The quantitative estimate of drug-likeness (QED) is 0.358. The van der Waals surface area contributed by atoms with Crippen molar-refractivity contribution in [3.8, 4) is 11.4 Å². The summed E-state index contributed by atoms with van der Waals surface area (Å²) in [6.07, 6.45) is 4.66. The number of nitrogens with one attached hydrogen (secondary N) is 1. The van der Waals surface area contributed by atoms with Crippen molar-refractivity contribution in [2.24, 2.45) is 7.05 Å². The summed E-state index contributed by atoms with van der Waals surface area (Å²) in [6.45, 7) is 0.342. The molecule has 6 rings (SSSR count). The van der Waals surface area contributed by atoms with Crippen LogP contribution in [0.25, 0.3) is 17.0 Å². The fraction of sp³-hybridized carbons (Fsp3) is 0.174. The number of carbonyl (C=O) groups excluding carboxylic acids is 1. The van der Waals surface area contributed by atoms with E-state index in [-0.39, 0.29) is 47.1 Å². The molecule has 1 aliphatic rings. The van der Waals surface area contributed by atoms with Crippen LogP contribution in [0.3, 0.4) is 0 Å². The largest absolute Gasteiger partial charge is 0.339 e. The lowest BCUT2D eigenvalue weighted by Crippen LogP contribution is -2.48. The molecule has 1 amide bonds. The van der Waals surface area contributed by atoms with Crippen LogP contribution in [0.4, 0.5) is 10.1 Å². The highest BCUT2D eigenvalue weighted by Crippen LogP contribution is 2.32. The Labute approximate surface area is 209 Å². The van der Waals surface area contributed by atoms with Gasteiger partial charge in [-0.1, -0.05) is 11.2 Å². The Morgan fingerprint density at radius 3 is 2.78 bits per heavy atom. The van der Waals surface area contributed by atoms with E-state index in [0.29, 0.717) is 11.2 Å². The molecule has 0 bridgehead atoms. The summed E-state index contributed by atoms with van der Waals surface area (Å²) in [5, 5.41) is 10.5. The average Bonchev–Trinajstić information content (AvgIpc) is 3.59. The molecule has 0 radical (unpaired) electrons. The SMILES string of the molecule is Cn1ccc(S(=O)(=O)N2CC(c3nc(-c4ccc(F)c(NC(=O)c5cnc6ccccn56)c4)no3)C2)n1. The first-order valence-corrected chi connectivity index (χ1v) is 12.6. The lowest BCUT2D eigenvalue weighted by Gasteiger charge is -2.35. The van der Waals surface area contributed by atoms with Crippen LogP contribution in [0.5, 0.6) is 0 Å². The second kappa shape index (κ2) is 8.60. The number of carbonyl (C=O) groups is 1. The number of aryl methyl sites for hydroxylation is 1. The summed E-state index contributed by atoms with van der Waals surface area (Å²) in [5.74, 6) is -1.000. The number of amides is 1. The van der Waals surface area contributed by atoms with Gasteiger partial charge in [0, 0.05) is 38.1 Å². The molecule has 5 aromatic rings. The number of hydrogen-bond acceptors (Lipinski definition) is 8. The Kier molecular flexibility index (Phi) is 5.35. The van der Waals surface area contributed by atoms with Crippen molar-refractivity contribution in [2.45, 2.75) is 10.9 Å². The van der Waals surface area contributed by atoms with Crippen LogP contribution in [-0.4, -0.2) is 61.0 Å². The van der Waals surface area contributed by atoms with Crippen molar-refractivity contribution < 1.29 is 22.1 Å². The van der Waals surface area contributed by atoms with Crippen LogP contribution in [0.15, 0.2) is 70.6 Å². The van der Waals surface area contributed by atoms with Crippen LogP contribution < -0.4 is 5.32 Å². The van der Waals surface area contributed by atoms with Gasteiger partial charge in [-0.15, -0.1) is 0 Å². The Bertz CT molecular complexity index is 1750. The number of nitrogens with zero attached hydrogens (tertiary/aromatic N) is 7. The third-order valence-corrected chi connectivity index (χ3v) is 7.78. The van der Waals surface area contributed by atoms with E-state index in [2.05, 4.69) is 25.5 Å². The minimum atomic E-state index is -3.70. The molecule has 188 valence electrons. The molecule has 1 aliphatic heterocycles. The maximum absolute atomic E-state index is 14.5. The van der Waals surface area contributed by atoms with Crippen molar-refractivity contribution in [1.82, 2.24) is 33.6 Å². The molecule has 1 aromatic carbocycles. The number of aromatic nitrogens is 6. The topological polar surface area (TPSA) is 141 Å². The van der Waals surface area contributed by atoms with E-state index in [1.165, 1.54) is 39.4 Å². The van der Waals surface area contributed by atoms with Gasteiger partial charge in [0.05, 0.1) is 17.8 Å². The summed E-state index contributed by atoms with van der Waals surface area (Å²) in [5.41, 5.74) is 1.19. The Hall–Kier alpha value is -4.43. The predicted molar refractivity (Wildman–Crippen MR) is 128 cm³/mol. The van der Waals surface area contributed by atoms with Gasteiger partial charge >= 0.3 is 0 Å². The maximum atomic E-state index is 14.5. The molecule has 0 saturated carbocycles. The van der Waals surface area contributed by atoms with Crippen LogP contribution in [0.1, 0.15) is 22.3 Å². The summed E-state index contributed by atoms with van der Waals surface area (Å²) in [6, 6.07) is 10.8. The molecular formula is C23H19FN8O4S. The van der Waals surface area contributed by atoms with Gasteiger partial charge in [-0.2, -0.15) is 14.4 Å². The minimum absolute atomic E-state index is 0.0236. The first kappa shape index (κ1) is 23.0. The average molecular weight is 523 g/mol. The third kappa shape index (κ3) is 4.05. The zero-order valence-corrected chi connectivity index (χ0v) is 20.1. The molecule has 14 heteroatoms. The minimum Gasteiger partial charge on any atom is -0.339 e. The molecule has 4 aromatic heterocycles. The van der Waals surface area contributed by atoms with Gasteiger partial charge in [-0.25, -0.2) is 17.8 Å². The van der Waals surface area contributed by atoms with E-state index in [1.807, 2.05) is 0 Å². The first-order valence-electron chi connectivity index (χ1n) is 11.2. The van der Waals surface area contributed by atoms with E-state index < -0.39 is 21.7 Å². The first-order chi connectivity index (χ1) is 17.8. The molecule has 0 aliphatic carbocycles. The lowest BCUT2D eigenvalue weighted by atomic mass is 10.0. The van der Waals surface area contributed by atoms with Crippen molar-refractivity contribution in [3.05, 3.63) is 78.5 Å². The highest BCUT2D eigenvalue weighted by atomic mass is 32.2. The van der Waals surface area contributed by atoms with Gasteiger partial charge in [0.1, 0.15) is 17.2 Å². The summed E-state index contributed by atoms with van der Waals surface area (Å²) in [7, 11) is -2.06. The molecule has 1 fully saturated rings. The van der Waals surface area contributed by atoms with E-state index in [0.717, 1.165) is 0 Å². The van der Waals surface area contributed by atoms with Crippen molar-refractivity contribution in [1.29, 1.82) is 0 Å². The Morgan fingerprint density at radius 2 is 2.00 bits per heavy atom. The highest BCUT2D eigenvalue weighted by molar-refractivity contribution is 7.89. The number of hydrogen-bond donors (Lipinski definition) is 1. The molecule has 0 atom stereocenters. The van der Waals surface area contributed by atoms with Gasteiger partial charge in [-0.05, 0) is 36.4 Å². The number of anilines is 1. The summed E-state index contributed by atoms with van der Waals surface area (Å²) >= 11 is 0. The molecule has 1 saturated heterocycles. The highest BCUT2D eigenvalue weighted by Gasteiger charge is 2.41. The Balaban J connectivity index is 1.17. The van der Waals surface area contributed by atoms with Crippen LogP contribution >= 0.6 is 0 Å². The Morgan fingerprint density at radius 1 is 1.16 bits per heavy atom. The summed E-state index contributed by atoms with van der Waals surface area (Å²) in [4.78, 5) is 21.3. The van der Waals surface area contributed by atoms with Crippen LogP contribution in [-0.2, 0) is 17.1 Å². The molecule has 5 heterocycles. The van der Waals surface area contributed by atoms with Gasteiger partial charge in [0.15, 0.2) is 5.03 Å². The monoisotopic (exact) mass is 522 g/mol. The van der Waals surface area contributed by atoms with Gasteiger partial charge < -0.3 is 9.84 Å². The maximum Gasteiger partial charge on any atom is 0.274 e. The van der Waals surface area contributed by atoms with Crippen LogP contribution in [0.2, 0.25) is 0 Å². The van der Waals surface area contributed by atoms with E-state index in [1.54, 1.807) is 42.0 Å². The lowest BCUT2D eigenvalue weighted by molar-refractivity contribution is 0.102. The van der Waals surface area contributed by atoms with Crippen LogP contribution in [0, 0.1) is 5.82 Å². The summed E-state index contributed by atoms with van der Waals surface area (Å²) < 4.78 is 49.5. The smallest absolute Gasteiger partial charge is 0.274 e. The molecule has 12 nitrogen and oxygen atoms in total. The number of rotatable bonds is 6. The van der Waals surface area contributed by atoms with Gasteiger partial charge in [-0.3, -0.25) is 13.9 Å². The van der Waals surface area contributed by atoms with Crippen molar-refractivity contribution >= 4 is 27.3 Å². The van der Waals surface area contributed by atoms with Crippen molar-refractivity contribution in [2.75, 3.05) is 18.4 Å². The predicted octanol–water partition coefficient (Wildman–Crippen LogP) is 2.30. The fourth-order valence-corrected chi connectivity index (χ4v) is 5.50. The standard InChI is InChI=1S/C23H19FN8O4S/c1-30-9-7-20(28-30)37(34,35)31-12-15(13-31)23-27-21(29-36-23)14-5-6-16(24)17(10-14)26-22(33)18-11-25-19-4-2-3-8-32(18)19/h2-11,15H,12-13H2,1H3,(H,26,33). The third-order valence-electron chi connectivity index (χ3n) is 6.05. The van der Waals surface area contributed by atoms with E-state index in [4.69, 9.17) is 4.52 Å². The second-order valence-corrected chi connectivity index (χ2v) is 10.4. The zero-order chi connectivity index (χ0) is 25.7. The molecule has 37 heavy (non-hydrogen) atoms. The molecule has 1 N–H and O–H groups in total. The molecular weight excluding hydrogens is 503 g/mol. The van der Waals surface area contributed by atoms with Crippen molar-refractivity contribution in [3.63, 3.8) is 0 Å². The van der Waals surface area contributed by atoms with E-state index >= 15 is 0 Å². The molecule has 0 spiro atoms. The number of halogens is 1. The fourth-order valence-electron chi connectivity index (χ4n) is 4.02. The molecule has 0 unspecified atom stereocenters. The zero-order valence-electron chi connectivity index (χ0n) is 19.3. The second-order valence-electron chi connectivity index (χ2n) is 8.52. The number of sulfonamides is 1. The van der Waals surface area contributed by atoms with Gasteiger partial charge in [0.2, 0.25) is 11.7 Å². The number of fused-ring (bicyclic) bond motifs is 1. The van der Waals surface area contributed by atoms with E-state index in [9.17, 15) is 17.6 Å². The number of imidazole rings is 1. The normalized spacial score (nSPS) is 14.6.